The van der Waals surface area contributed by atoms with Crippen LogP contribution in [-0.2, 0) is 0 Å². The van der Waals surface area contributed by atoms with Crippen molar-refractivity contribution in [1.82, 2.24) is 10.4 Å². The molecule has 0 aliphatic heterocycles. The van der Waals surface area contributed by atoms with Crippen LogP contribution >= 0.6 is 23.2 Å². The number of hydrazine groups is 1. The minimum Gasteiger partial charge on any atom is -0.383 e. The summed E-state index contributed by atoms with van der Waals surface area (Å²) in [5, 5.41) is 0.771. The predicted octanol–water partition coefficient (Wildman–Crippen LogP) is 6.11. The molecular formula is C21H23Cl2F2N5. The van der Waals surface area contributed by atoms with Crippen LogP contribution in [0, 0.1) is 0 Å². The number of halogens is 4. The predicted molar refractivity (Wildman–Crippen MR) is 123 cm³/mol. The van der Waals surface area contributed by atoms with E-state index < -0.39 is 11.7 Å². The fourth-order valence-electron chi connectivity index (χ4n) is 2.24. The Labute approximate surface area is 184 Å². The molecule has 5 nitrogen and oxygen atoms in total. The molecule has 0 aliphatic rings. The smallest absolute Gasteiger partial charge is 0.179 e. The van der Waals surface area contributed by atoms with E-state index in [1.807, 2.05) is 13.8 Å². The van der Waals surface area contributed by atoms with E-state index in [1.54, 1.807) is 24.3 Å². The summed E-state index contributed by atoms with van der Waals surface area (Å²) in [4.78, 5) is 8.15. The molecule has 1 aromatic carbocycles. The lowest BCUT2D eigenvalue weighted by molar-refractivity contribution is 0.546. The van der Waals surface area contributed by atoms with Gasteiger partial charge in [0.15, 0.2) is 11.7 Å². The Morgan fingerprint density at radius 3 is 2.37 bits per heavy atom. The number of aliphatic imine (C=N–C) groups is 1. The number of rotatable bonds is 5. The van der Waals surface area contributed by atoms with E-state index in [0.29, 0.717) is 21.2 Å². The number of nitrogens with zero attached hydrogens (tertiary/aromatic N) is 2. The first-order valence-corrected chi connectivity index (χ1v) is 9.65. The van der Waals surface area contributed by atoms with E-state index in [1.165, 1.54) is 18.3 Å². The van der Waals surface area contributed by atoms with Crippen LogP contribution in [0.25, 0.3) is 11.1 Å². The zero-order valence-electron chi connectivity index (χ0n) is 16.8. The van der Waals surface area contributed by atoms with Gasteiger partial charge in [0.05, 0.1) is 15.6 Å². The number of anilines is 1. The lowest BCUT2D eigenvalue weighted by Gasteiger charge is -2.12. The molecular weight excluding hydrogens is 431 g/mol. The van der Waals surface area contributed by atoms with E-state index in [0.717, 1.165) is 6.92 Å². The van der Waals surface area contributed by atoms with E-state index in [9.17, 15) is 8.78 Å². The minimum absolute atomic E-state index is 0.0172. The fraction of sp³-hybridized carbons (Fsp3) is 0.143. The first-order chi connectivity index (χ1) is 14.3. The van der Waals surface area contributed by atoms with Crippen molar-refractivity contribution in [1.29, 1.82) is 0 Å². The van der Waals surface area contributed by atoms with E-state index in [4.69, 9.17) is 34.8 Å². The van der Waals surface area contributed by atoms with Crippen LogP contribution in [0.3, 0.4) is 0 Å². The van der Waals surface area contributed by atoms with Crippen molar-refractivity contribution in [3.05, 3.63) is 82.2 Å². The Bertz CT molecular complexity index is 997. The Morgan fingerprint density at radius 2 is 1.83 bits per heavy atom. The molecule has 1 aromatic heterocycles. The Hall–Kier alpha value is -2.74. The number of nitrogen functional groups attached to an aromatic ring is 1. The van der Waals surface area contributed by atoms with Crippen molar-refractivity contribution in [2.45, 2.75) is 20.8 Å². The Kier molecular flexibility index (Phi) is 10.2. The maximum absolute atomic E-state index is 14.1. The summed E-state index contributed by atoms with van der Waals surface area (Å²) in [6.07, 6.45) is 3.99. The van der Waals surface area contributed by atoms with E-state index in [2.05, 4.69) is 22.0 Å². The van der Waals surface area contributed by atoms with Crippen LogP contribution in [0.4, 0.5) is 14.6 Å². The lowest BCUT2D eigenvalue weighted by Crippen LogP contribution is -2.32. The molecule has 160 valence electrons. The molecule has 0 saturated carbocycles. The maximum atomic E-state index is 14.1. The molecule has 5 N–H and O–H groups in total. The molecule has 0 fully saturated rings. The molecule has 2 rings (SSSR count). The molecule has 9 heteroatoms. The molecule has 0 unspecified atom stereocenters. The first-order valence-electron chi connectivity index (χ1n) is 8.90. The van der Waals surface area contributed by atoms with Gasteiger partial charge in [0.1, 0.15) is 17.3 Å². The number of benzene rings is 1. The third-order valence-electron chi connectivity index (χ3n) is 3.60. The third-order valence-corrected chi connectivity index (χ3v) is 4.34. The van der Waals surface area contributed by atoms with Crippen LogP contribution in [0.5, 0.6) is 0 Å². The highest BCUT2D eigenvalue weighted by Crippen LogP contribution is 2.29. The summed E-state index contributed by atoms with van der Waals surface area (Å²) < 4.78 is 27.4. The van der Waals surface area contributed by atoms with Crippen molar-refractivity contribution in [2.75, 3.05) is 5.73 Å². The van der Waals surface area contributed by atoms with Gasteiger partial charge in [0, 0.05) is 11.8 Å². The van der Waals surface area contributed by atoms with Crippen molar-refractivity contribution >= 4 is 34.9 Å². The topological polar surface area (TPSA) is 89.3 Å². The van der Waals surface area contributed by atoms with Crippen LogP contribution in [0.2, 0.25) is 10.0 Å². The number of nitrogens with one attached hydrogen (secondary N) is 1. The quantitative estimate of drug-likeness (QED) is 0.167. The van der Waals surface area contributed by atoms with Gasteiger partial charge >= 0.3 is 0 Å². The normalized spacial score (nSPS) is 12.5. The zero-order valence-corrected chi connectivity index (χ0v) is 18.3. The minimum atomic E-state index is -1.15. The number of amidine groups is 1. The number of nitrogens with two attached hydrogens (primary N) is 2. The second-order valence-electron chi connectivity index (χ2n) is 5.53. The van der Waals surface area contributed by atoms with Gasteiger partial charge in [-0.1, -0.05) is 55.8 Å². The first kappa shape index (κ1) is 25.3. The standard InChI is InChI=1S/C19H17Cl2F2N5.C2H6/c1-3-4-16(17(23)10(2)22)27-19(28-25)13-7-12(9-26-18(13)24)11-5-6-14(20)15(21)8-11;1-2/h3-9H,1,25H2,2H3,(H2,24,26)(H,27,28);1-2H3/b16-4+,17-10-;. The number of allylic oxidation sites excluding steroid dienone is 4. The highest BCUT2D eigenvalue weighted by molar-refractivity contribution is 6.42. The summed E-state index contributed by atoms with van der Waals surface area (Å²) in [6, 6.07) is 6.68. The molecule has 0 radical (unpaired) electrons. The van der Waals surface area contributed by atoms with E-state index in [-0.39, 0.29) is 22.9 Å². The van der Waals surface area contributed by atoms with Crippen molar-refractivity contribution in [3.63, 3.8) is 0 Å². The van der Waals surface area contributed by atoms with Crippen LogP contribution in [0.1, 0.15) is 26.3 Å². The third kappa shape index (κ3) is 6.38. The van der Waals surface area contributed by atoms with Crippen LogP contribution < -0.4 is 17.0 Å². The highest BCUT2D eigenvalue weighted by atomic mass is 35.5. The van der Waals surface area contributed by atoms with Gasteiger partial charge in [-0.05, 0) is 36.8 Å². The highest BCUT2D eigenvalue weighted by Gasteiger charge is 2.14. The maximum Gasteiger partial charge on any atom is 0.179 e. The van der Waals surface area contributed by atoms with Crippen molar-refractivity contribution in [2.24, 2.45) is 10.8 Å². The SMILES string of the molecule is C=C/C=C(N=C(NN)c1cc(-c2ccc(Cl)c(Cl)c2)cnc1N)\C(F)=C(/C)F.CC. The van der Waals surface area contributed by atoms with Gasteiger partial charge in [-0.3, -0.25) is 0 Å². The Morgan fingerprint density at radius 1 is 1.17 bits per heavy atom. The van der Waals surface area contributed by atoms with Gasteiger partial charge in [0.2, 0.25) is 0 Å². The van der Waals surface area contributed by atoms with Gasteiger partial charge in [-0.2, -0.15) is 0 Å². The molecule has 30 heavy (non-hydrogen) atoms. The number of aromatic nitrogens is 1. The van der Waals surface area contributed by atoms with Gasteiger partial charge < -0.3 is 11.2 Å². The number of hydrogen-bond acceptors (Lipinski definition) is 4. The van der Waals surface area contributed by atoms with Gasteiger partial charge in [-0.25, -0.2) is 24.6 Å². The summed E-state index contributed by atoms with van der Waals surface area (Å²) in [6.45, 7) is 8.44. The number of pyridine rings is 1. The monoisotopic (exact) mass is 453 g/mol. The van der Waals surface area contributed by atoms with Gasteiger partial charge in [0.25, 0.3) is 0 Å². The summed E-state index contributed by atoms with van der Waals surface area (Å²) in [5.74, 6) is 3.41. The Balaban J connectivity index is 0.00000218. The van der Waals surface area contributed by atoms with Gasteiger partial charge in [-0.15, -0.1) is 0 Å². The second-order valence-corrected chi connectivity index (χ2v) is 6.34. The zero-order chi connectivity index (χ0) is 22.8. The molecule has 0 aliphatic carbocycles. The second kappa shape index (κ2) is 12.1. The molecule has 1 heterocycles. The average molecular weight is 454 g/mol. The molecule has 0 atom stereocenters. The summed E-state index contributed by atoms with van der Waals surface area (Å²) >= 11 is 12.0. The molecule has 0 bridgehead atoms. The molecule has 2 aromatic rings. The van der Waals surface area contributed by atoms with Crippen LogP contribution in [0.15, 0.2) is 71.5 Å². The van der Waals surface area contributed by atoms with Crippen LogP contribution in [-0.4, -0.2) is 10.8 Å². The lowest BCUT2D eigenvalue weighted by atomic mass is 10.1. The fourth-order valence-corrected chi connectivity index (χ4v) is 2.53. The van der Waals surface area contributed by atoms with Crippen molar-refractivity contribution in [3.8, 4) is 11.1 Å². The summed E-state index contributed by atoms with van der Waals surface area (Å²) in [7, 11) is 0. The van der Waals surface area contributed by atoms with E-state index >= 15 is 0 Å². The number of hydrogen-bond donors (Lipinski definition) is 3. The molecule has 0 amide bonds. The largest absolute Gasteiger partial charge is 0.383 e. The average Bonchev–Trinajstić information content (AvgIpc) is 2.74. The molecule has 0 spiro atoms. The molecule has 0 saturated heterocycles. The summed E-state index contributed by atoms with van der Waals surface area (Å²) in [5.41, 5.74) is 9.58. The van der Waals surface area contributed by atoms with Crippen molar-refractivity contribution < 1.29 is 8.78 Å².